The number of nitroso groups, excluding NO2 is 1. The Bertz CT molecular complexity index is 546. The molecule has 3 nitrogen and oxygen atoms in total. The first kappa shape index (κ1) is 15.0. The van der Waals surface area contributed by atoms with E-state index >= 15 is 0 Å². The molecule has 5 heteroatoms. The highest BCUT2D eigenvalue weighted by molar-refractivity contribution is 6.30. The summed E-state index contributed by atoms with van der Waals surface area (Å²) in [6.45, 7) is 0.328. The average Bonchev–Trinajstić information content (AvgIpc) is 2.49. The van der Waals surface area contributed by atoms with Crippen LogP contribution in [0.5, 0.6) is 0 Å². The number of halogens is 2. The fraction of sp³-hybridized carbons (Fsp3) is 0.200. The fourth-order valence-corrected chi connectivity index (χ4v) is 2.14. The lowest BCUT2D eigenvalue weighted by Crippen LogP contribution is -2.14. The van der Waals surface area contributed by atoms with Crippen molar-refractivity contribution in [3.05, 3.63) is 75.7 Å². The molecular weight excluding hydrogens is 297 g/mol. The van der Waals surface area contributed by atoms with Gasteiger partial charge in [0.1, 0.15) is 0 Å². The minimum atomic E-state index is -0.825. The Morgan fingerprint density at radius 2 is 1.70 bits per heavy atom. The molecular formula is C15H13Cl2NO2. The van der Waals surface area contributed by atoms with Crippen molar-refractivity contribution in [1.29, 1.82) is 0 Å². The number of rotatable bonds is 6. The van der Waals surface area contributed by atoms with E-state index in [1.54, 1.807) is 24.3 Å². The molecule has 2 aromatic carbocycles. The first-order chi connectivity index (χ1) is 9.70. The number of hydrogen-bond donors (Lipinski definition) is 0. The van der Waals surface area contributed by atoms with Crippen molar-refractivity contribution in [2.24, 2.45) is 5.18 Å². The molecule has 0 heterocycles. The number of ether oxygens (including phenoxy) is 1. The Labute approximate surface area is 127 Å². The molecule has 0 aliphatic carbocycles. The van der Waals surface area contributed by atoms with E-state index in [0.29, 0.717) is 17.2 Å². The summed E-state index contributed by atoms with van der Waals surface area (Å²) in [6.07, 6.45) is 0. The summed E-state index contributed by atoms with van der Waals surface area (Å²) in [7, 11) is 0. The van der Waals surface area contributed by atoms with E-state index in [4.69, 9.17) is 27.9 Å². The lowest BCUT2D eigenvalue weighted by molar-refractivity contribution is 0.0775. The molecule has 0 radical (unpaired) electrons. The summed E-state index contributed by atoms with van der Waals surface area (Å²) in [5, 5.41) is 3.64. The van der Waals surface area contributed by atoms with Crippen molar-refractivity contribution in [3.8, 4) is 0 Å². The van der Waals surface area contributed by atoms with E-state index in [9.17, 15) is 4.91 Å². The number of benzene rings is 2. The van der Waals surface area contributed by atoms with Gasteiger partial charge in [0.15, 0.2) is 11.6 Å². The predicted octanol–water partition coefficient (Wildman–Crippen LogP) is 4.93. The molecule has 0 aromatic heterocycles. The minimum absolute atomic E-state index is 0.328. The van der Waals surface area contributed by atoms with Crippen LogP contribution in [0.25, 0.3) is 0 Å². The minimum Gasteiger partial charge on any atom is -0.355 e. The molecule has 104 valence electrons. The Kier molecular flexibility index (Phi) is 5.53. The normalized spacial score (nSPS) is 13.7. The van der Waals surface area contributed by atoms with Crippen LogP contribution < -0.4 is 0 Å². The third-order valence-electron chi connectivity index (χ3n) is 2.83. The molecule has 20 heavy (non-hydrogen) atoms. The van der Waals surface area contributed by atoms with E-state index in [0.717, 1.165) is 5.56 Å². The second-order valence-corrected chi connectivity index (χ2v) is 5.12. The van der Waals surface area contributed by atoms with E-state index in [1.165, 1.54) is 0 Å². The van der Waals surface area contributed by atoms with Crippen molar-refractivity contribution in [3.63, 3.8) is 0 Å². The SMILES string of the molecule is O=NC(c1ccc(Cl)cc1)C(Cl)OCc1ccccc1. The zero-order chi connectivity index (χ0) is 14.4. The third-order valence-corrected chi connectivity index (χ3v) is 3.44. The highest BCUT2D eigenvalue weighted by Gasteiger charge is 2.23. The largest absolute Gasteiger partial charge is 0.355 e. The van der Waals surface area contributed by atoms with Crippen LogP contribution in [-0.2, 0) is 11.3 Å². The van der Waals surface area contributed by atoms with Gasteiger partial charge < -0.3 is 4.74 Å². The number of hydrogen-bond acceptors (Lipinski definition) is 3. The molecule has 2 rings (SSSR count). The van der Waals surface area contributed by atoms with Crippen LogP contribution in [0.15, 0.2) is 59.8 Å². The molecule has 0 saturated carbocycles. The van der Waals surface area contributed by atoms with Gasteiger partial charge in [0.25, 0.3) is 0 Å². The average molecular weight is 310 g/mol. The van der Waals surface area contributed by atoms with Crippen molar-refractivity contribution < 1.29 is 4.74 Å². The maximum atomic E-state index is 11.0. The van der Waals surface area contributed by atoms with Crippen molar-refractivity contribution in [1.82, 2.24) is 0 Å². The Hall–Kier alpha value is -1.42. The monoisotopic (exact) mass is 309 g/mol. The molecule has 0 aliphatic rings. The number of alkyl halides is 1. The van der Waals surface area contributed by atoms with Crippen molar-refractivity contribution in [2.45, 2.75) is 18.2 Å². The summed E-state index contributed by atoms with van der Waals surface area (Å²) >= 11 is 11.9. The van der Waals surface area contributed by atoms with Crippen LogP contribution in [0.3, 0.4) is 0 Å². The summed E-state index contributed by atoms with van der Waals surface area (Å²) in [5.41, 5.74) is 0.838. The van der Waals surface area contributed by atoms with Crippen LogP contribution in [0.2, 0.25) is 5.02 Å². The smallest absolute Gasteiger partial charge is 0.161 e. The van der Waals surface area contributed by atoms with Gasteiger partial charge in [-0.1, -0.05) is 70.8 Å². The molecule has 2 atom stereocenters. The first-order valence-corrected chi connectivity index (χ1v) is 6.89. The second-order valence-electron chi connectivity index (χ2n) is 4.25. The zero-order valence-electron chi connectivity index (χ0n) is 10.6. The highest BCUT2D eigenvalue weighted by atomic mass is 35.5. The molecule has 0 spiro atoms. The molecule has 0 bridgehead atoms. The second kappa shape index (κ2) is 7.39. The molecule has 0 fully saturated rings. The Balaban J connectivity index is 2.00. The van der Waals surface area contributed by atoms with Gasteiger partial charge in [-0.05, 0) is 23.3 Å². The maximum absolute atomic E-state index is 11.0. The summed E-state index contributed by atoms with van der Waals surface area (Å²) in [4.78, 5) is 11.0. The lowest BCUT2D eigenvalue weighted by atomic mass is 10.1. The van der Waals surface area contributed by atoms with Gasteiger partial charge in [-0.15, -0.1) is 0 Å². The van der Waals surface area contributed by atoms with Gasteiger partial charge in [-0.3, -0.25) is 0 Å². The quantitative estimate of drug-likeness (QED) is 0.560. The number of nitrogens with zero attached hydrogens (tertiary/aromatic N) is 1. The Morgan fingerprint density at radius 1 is 1.05 bits per heavy atom. The van der Waals surface area contributed by atoms with Gasteiger partial charge in [-0.2, -0.15) is 4.91 Å². The van der Waals surface area contributed by atoms with Gasteiger partial charge in [0.05, 0.1) is 6.61 Å². The highest BCUT2D eigenvalue weighted by Crippen LogP contribution is 2.27. The van der Waals surface area contributed by atoms with Crippen molar-refractivity contribution >= 4 is 23.2 Å². The van der Waals surface area contributed by atoms with Crippen LogP contribution in [-0.4, -0.2) is 5.56 Å². The van der Waals surface area contributed by atoms with E-state index in [1.807, 2.05) is 30.3 Å². The molecule has 0 N–H and O–H groups in total. The summed E-state index contributed by atoms with van der Waals surface area (Å²) in [5.74, 6) is 0. The van der Waals surface area contributed by atoms with Crippen LogP contribution in [0.4, 0.5) is 0 Å². The molecule has 0 saturated heterocycles. The maximum Gasteiger partial charge on any atom is 0.161 e. The van der Waals surface area contributed by atoms with Gasteiger partial charge in [0.2, 0.25) is 0 Å². The van der Waals surface area contributed by atoms with Crippen LogP contribution in [0, 0.1) is 4.91 Å². The Morgan fingerprint density at radius 3 is 2.30 bits per heavy atom. The van der Waals surface area contributed by atoms with Crippen LogP contribution >= 0.6 is 23.2 Å². The molecule has 0 aliphatic heterocycles. The zero-order valence-corrected chi connectivity index (χ0v) is 12.1. The van der Waals surface area contributed by atoms with E-state index < -0.39 is 11.6 Å². The van der Waals surface area contributed by atoms with E-state index in [-0.39, 0.29) is 0 Å². The topological polar surface area (TPSA) is 38.7 Å². The van der Waals surface area contributed by atoms with E-state index in [2.05, 4.69) is 5.18 Å². The lowest BCUT2D eigenvalue weighted by Gasteiger charge is -2.16. The molecule has 2 aromatic rings. The standard InChI is InChI=1S/C15H13Cl2NO2/c16-13-8-6-12(7-9-13)14(18-19)15(17)20-10-11-4-2-1-3-5-11/h1-9,14-15H,10H2. The molecule has 0 amide bonds. The molecule has 2 unspecified atom stereocenters. The van der Waals surface area contributed by atoms with Crippen LogP contribution in [0.1, 0.15) is 17.2 Å². The first-order valence-electron chi connectivity index (χ1n) is 6.08. The summed E-state index contributed by atoms with van der Waals surface area (Å²) in [6, 6.07) is 15.7. The fourth-order valence-electron chi connectivity index (χ4n) is 1.76. The predicted molar refractivity (Wildman–Crippen MR) is 80.9 cm³/mol. The van der Waals surface area contributed by atoms with Gasteiger partial charge >= 0.3 is 0 Å². The van der Waals surface area contributed by atoms with Crippen molar-refractivity contribution in [2.75, 3.05) is 0 Å². The van der Waals surface area contributed by atoms with Gasteiger partial charge in [0, 0.05) is 5.02 Å². The summed E-state index contributed by atoms with van der Waals surface area (Å²) < 4.78 is 5.50. The van der Waals surface area contributed by atoms with Gasteiger partial charge in [-0.25, -0.2) is 0 Å². The third kappa shape index (κ3) is 4.04.